The number of esters is 1. The summed E-state index contributed by atoms with van der Waals surface area (Å²) in [6, 6.07) is 10.8. The number of benzene rings is 1. The molecule has 0 aliphatic heterocycles. The van der Waals surface area contributed by atoms with Gasteiger partial charge in [0.2, 0.25) is 0 Å². The van der Waals surface area contributed by atoms with Crippen molar-refractivity contribution >= 4 is 23.6 Å². The van der Waals surface area contributed by atoms with E-state index in [9.17, 15) is 9.59 Å². The second kappa shape index (κ2) is 8.14. The Labute approximate surface area is 138 Å². The van der Waals surface area contributed by atoms with Crippen LogP contribution in [-0.2, 0) is 16.1 Å². The summed E-state index contributed by atoms with van der Waals surface area (Å²) in [6.07, 6.45) is 1.58. The third-order valence-corrected chi connectivity index (χ3v) is 3.32. The van der Waals surface area contributed by atoms with Crippen molar-refractivity contribution in [2.75, 3.05) is 0 Å². The molecule has 0 fully saturated rings. The molecule has 2 rings (SSSR count). The van der Waals surface area contributed by atoms with E-state index in [2.05, 4.69) is 10.3 Å². The smallest absolute Gasteiger partial charge is 0.312 e. The van der Waals surface area contributed by atoms with Crippen molar-refractivity contribution in [2.45, 2.75) is 19.1 Å². The highest BCUT2D eigenvalue weighted by molar-refractivity contribution is 6.30. The molecule has 0 bridgehead atoms. The average molecular weight is 334 g/mol. The molecule has 23 heavy (non-hydrogen) atoms. The van der Waals surface area contributed by atoms with Crippen molar-refractivity contribution in [1.29, 1.82) is 0 Å². The van der Waals surface area contributed by atoms with Crippen molar-refractivity contribution < 1.29 is 14.3 Å². The molecule has 0 spiro atoms. The number of nitrogens with zero attached hydrogens (tertiary/aromatic N) is 1. The van der Waals surface area contributed by atoms with Crippen LogP contribution in [0.5, 0.6) is 0 Å². The van der Waals surface area contributed by atoms with E-state index in [4.69, 9.17) is 22.1 Å². The van der Waals surface area contributed by atoms with Crippen LogP contribution in [0.25, 0.3) is 0 Å². The first-order chi connectivity index (χ1) is 11.0. The summed E-state index contributed by atoms with van der Waals surface area (Å²) >= 11 is 5.83. The van der Waals surface area contributed by atoms with Crippen LogP contribution in [-0.4, -0.2) is 17.0 Å². The zero-order chi connectivity index (χ0) is 16.7. The van der Waals surface area contributed by atoms with Crippen LogP contribution < -0.4 is 11.1 Å². The molecule has 120 valence electrons. The van der Waals surface area contributed by atoms with Gasteiger partial charge in [0.1, 0.15) is 6.61 Å². The number of primary amides is 1. The van der Waals surface area contributed by atoms with E-state index in [1.165, 1.54) is 0 Å². The predicted molar refractivity (Wildman–Crippen MR) is 85.6 cm³/mol. The Balaban J connectivity index is 1.98. The maximum atomic E-state index is 12.0. The summed E-state index contributed by atoms with van der Waals surface area (Å²) in [4.78, 5) is 27.2. The normalized spacial score (nSPS) is 11.5. The molecule has 3 N–H and O–H groups in total. The van der Waals surface area contributed by atoms with Crippen molar-refractivity contribution in [3.05, 3.63) is 64.9 Å². The molecule has 0 aliphatic carbocycles. The first-order valence-corrected chi connectivity index (χ1v) is 7.29. The van der Waals surface area contributed by atoms with E-state index >= 15 is 0 Å². The lowest BCUT2D eigenvalue weighted by molar-refractivity contribution is -0.145. The Hall–Kier alpha value is -2.60. The number of ether oxygens (including phenoxy) is 1. The number of hydrogen-bond acceptors (Lipinski definition) is 4. The van der Waals surface area contributed by atoms with Crippen LogP contribution in [0.15, 0.2) is 48.7 Å². The molecular weight excluding hydrogens is 318 g/mol. The molecule has 2 aromatic rings. The van der Waals surface area contributed by atoms with Crippen LogP contribution in [0, 0.1) is 0 Å². The maximum absolute atomic E-state index is 12.0. The zero-order valence-corrected chi connectivity index (χ0v) is 13.0. The molecule has 7 heteroatoms. The van der Waals surface area contributed by atoms with Crippen LogP contribution in [0.3, 0.4) is 0 Å². The SMILES string of the molecule is NC(=O)NC(CC(=O)OCc1ccccn1)c1ccc(Cl)cc1. The van der Waals surface area contributed by atoms with Gasteiger partial charge in [0.15, 0.2) is 0 Å². The summed E-state index contributed by atoms with van der Waals surface area (Å²) in [7, 11) is 0. The zero-order valence-electron chi connectivity index (χ0n) is 12.2. The fourth-order valence-electron chi connectivity index (χ4n) is 1.98. The van der Waals surface area contributed by atoms with Gasteiger partial charge in [0.05, 0.1) is 18.2 Å². The van der Waals surface area contributed by atoms with E-state index < -0.39 is 18.0 Å². The minimum Gasteiger partial charge on any atom is -0.459 e. The van der Waals surface area contributed by atoms with Crippen molar-refractivity contribution in [3.8, 4) is 0 Å². The standard InChI is InChI=1S/C16H16ClN3O3/c17-12-6-4-11(5-7-12)14(20-16(18)22)9-15(21)23-10-13-3-1-2-8-19-13/h1-8,14H,9-10H2,(H3,18,20,22). The predicted octanol–water partition coefficient (Wildman–Crippen LogP) is 2.58. The molecule has 1 heterocycles. The summed E-state index contributed by atoms with van der Waals surface area (Å²) < 4.78 is 5.17. The van der Waals surface area contributed by atoms with Crippen LogP contribution >= 0.6 is 11.6 Å². The Morgan fingerprint density at radius 2 is 1.96 bits per heavy atom. The fraction of sp³-hybridized carbons (Fsp3) is 0.188. The highest BCUT2D eigenvalue weighted by Gasteiger charge is 2.18. The number of nitrogens with two attached hydrogens (primary N) is 1. The molecule has 1 atom stereocenters. The van der Waals surface area contributed by atoms with Gasteiger partial charge in [-0.25, -0.2) is 4.79 Å². The highest BCUT2D eigenvalue weighted by atomic mass is 35.5. The average Bonchev–Trinajstić information content (AvgIpc) is 2.53. The molecule has 1 unspecified atom stereocenters. The maximum Gasteiger partial charge on any atom is 0.312 e. The van der Waals surface area contributed by atoms with Gasteiger partial charge in [-0.1, -0.05) is 29.8 Å². The molecular formula is C16H16ClN3O3. The first-order valence-electron chi connectivity index (χ1n) is 6.91. The number of amides is 2. The second-order valence-corrected chi connectivity index (χ2v) is 5.24. The second-order valence-electron chi connectivity index (χ2n) is 4.80. The topological polar surface area (TPSA) is 94.3 Å². The summed E-state index contributed by atoms with van der Waals surface area (Å²) in [6.45, 7) is 0.0730. The number of hydrogen-bond donors (Lipinski definition) is 2. The quantitative estimate of drug-likeness (QED) is 0.794. The van der Waals surface area contributed by atoms with Crippen LogP contribution in [0.1, 0.15) is 23.7 Å². The summed E-state index contributed by atoms with van der Waals surface area (Å²) in [5.41, 5.74) is 6.52. The lowest BCUT2D eigenvalue weighted by Gasteiger charge is -2.17. The third kappa shape index (κ3) is 5.60. The van der Waals surface area contributed by atoms with Gasteiger partial charge in [-0.15, -0.1) is 0 Å². The molecule has 0 saturated carbocycles. The number of urea groups is 1. The van der Waals surface area contributed by atoms with Gasteiger partial charge >= 0.3 is 12.0 Å². The van der Waals surface area contributed by atoms with Gasteiger partial charge in [0.25, 0.3) is 0 Å². The minimum atomic E-state index is -0.720. The van der Waals surface area contributed by atoms with Gasteiger partial charge in [-0.2, -0.15) is 0 Å². The van der Waals surface area contributed by atoms with E-state index in [0.29, 0.717) is 16.3 Å². The van der Waals surface area contributed by atoms with Crippen LogP contribution in [0.2, 0.25) is 5.02 Å². The molecule has 2 amide bonds. The van der Waals surface area contributed by atoms with E-state index in [-0.39, 0.29) is 13.0 Å². The van der Waals surface area contributed by atoms with Crippen molar-refractivity contribution in [3.63, 3.8) is 0 Å². The molecule has 6 nitrogen and oxygen atoms in total. The van der Waals surface area contributed by atoms with Gasteiger partial charge in [-0.05, 0) is 29.8 Å². The lowest BCUT2D eigenvalue weighted by atomic mass is 10.0. The van der Waals surface area contributed by atoms with E-state index in [1.54, 1.807) is 48.7 Å². The fourth-order valence-corrected chi connectivity index (χ4v) is 2.11. The van der Waals surface area contributed by atoms with Crippen molar-refractivity contribution in [1.82, 2.24) is 10.3 Å². The van der Waals surface area contributed by atoms with Gasteiger partial charge < -0.3 is 15.8 Å². The van der Waals surface area contributed by atoms with Crippen molar-refractivity contribution in [2.24, 2.45) is 5.73 Å². The number of pyridine rings is 1. The number of halogens is 1. The molecule has 1 aromatic heterocycles. The van der Waals surface area contributed by atoms with Gasteiger partial charge in [0, 0.05) is 11.2 Å². The lowest BCUT2D eigenvalue weighted by Crippen LogP contribution is -2.34. The number of aromatic nitrogens is 1. The summed E-state index contributed by atoms with van der Waals surface area (Å²) in [5, 5.41) is 3.08. The van der Waals surface area contributed by atoms with E-state index in [0.717, 1.165) is 0 Å². The highest BCUT2D eigenvalue weighted by Crippen LogP contribution is 2.20. The van der Waals surface area contributed by atoms with Gasteiger partial charge in [-0.3, -0.25) is 9.78 Å². The largest absolute Gasteiger partial charge is 0.459 e. The number of carbonyl (C=O) groups is 2. The van der Waals surface area contributed by atoms with E-state index in [1.807, 2.05) is 0 Å². The first kappa shape index (κ1) is 16.8. The molecule has 0 radical (unpaired) electrons. The minimum absolute atomic E-state index is 0.0442. The molecule has 1 aromatic carbocycles. The third-order valence-electron chi connectivity index (χ3n) is 3.07. The Morgan fingerprint density at radius 1 is 1.22 bits per heavy atom. The Bertz CT molecular complexity index is 662. The van der Waals surface area contributed by atoms with Crippen LogP contribution in [0.4, 0.5) is 4.79 Å². The number of rotatable bonds is 6. The number of carbonyl (C=O) groups excluding carboxylic acids is 2. The Morgan fingerprint density at radius 3 is 2.57 bits per heavy atom. The number of nitrogens with one attached hydrogen (secondary N) is 1. The Kier molecular flexibility index (Phi) is 5.94. The monoisotopic (exact) mass is 333 g/mol. The summed E-state index contributed by atoms with van der Waals surface area (Å²) in [5.74, 6) is -0.468. The molecule has 0 aliphatic rings. The molecule has 0 saturated heterocycles.